The monoisotopic (exact) mass is 336 g/mol. The summed E-state index contributed by atoms with van der Waals surface area (Å²) in [6, 6.07) is 13.8. The van der Waals surface area contributed by atoms with Gasteiger partial charge in [-0.05, 0) is 23.3 Å². The van der Waals surface area contributed by atoms with Crippen LogP contribution in [0.1, 0.15) is 21.9 Å². The first kappa shape index (κ1) is 15.7. The summed E-state index contributed by atoms with van der Waals surface area (Å²) in [6.45, 7) is 0. The fraction of sp³-hybridized carbons (Fsp3) is 0.118. The fourth-order valence-electron chi connectivity index (χ4n) is 2.53. The first-order chi connectivity index (χ1) is 10.9. The number of Topliss-reactive ketones (excluding diaryl/α,β-unsaturated/α-hetero) is 1. The average molecular weight is 336 g/mol. The van der Waals surface area contributed by atoms with Crippen LogP contribution in [0.4, 0.5) is 13.2 Å². The molecule has 119 valence electrons. The second-order valence-electron chi connectivity index (χ2n) is 5.15. The maximum Gasteiger partial charge on any atom is 0.416 e. The van der Waals surface area contributed by atoms with Crippen molar-refractivity contribution in [1.82, 2.24) is 0 Å². The molecule has 6 heteroatoms. The van der Waals surface area contributed by atoms with E-state index in [9.17, 15) is 18.0 Å². The smallest absolute Gasteiger partial charge is 0.394 e. The maximum absolute atomic E-state index is 12.9. The van der Waals surface area contributed by atoms with Crippen LogP contribution in [0.5, 0.6) is 0 Å². The summed E-state index contributed by atoms with van der Waals surface area (Å²) in [5, 5.41) is -0.149. The average Bonchev–Trinajstić information content (AvgIpc) is 2.82. The van der Waals surface area contributed by atoms with Gasteiger partial charge in [0, 0.05) is 0 Å². The van der Waals surface area contributed by atoms with Gasteiger partial charge in [-0.25, -0.2) is 0 Å². The van der Waals surface area contributed by atoms with Crippen LogP contribution in [0, 0.1) is 0 Å². The Morgan fingerprint density at radius 2 is 1.70 bits per heavy atom. The third-order valence-electron chi connectivity index (χ3n) is 3.61. The Morgan fingerprint density at radius 1 is 1.00 bits per heavy atom. The van der Waals surface area contributed by atoms with Crippen molar-refractivity contribution in [2.24, 2.45) is 5.73 Å². The normalized spacial score (nSPS) is 18.6. The Balaban J connectivity index is 1.98. The lowest BCUT2D eigenvalue weighted by Gasteiger charge is -2.11. The summed E-state index contributed by atoms with van der Waals surface area (Å²) in [5.74, 6) is -0.241. The second-order valence-corrected chi connectivity index (χ2v) is 6.40. The van der Waals surface area contributed by atoms with Crippen LogP contribution < -0.4 is 5.73 Å². The molecule has 0 bridgehead atoms. The Morgan fingerprint density at radius 3 is 2.35 bits per heavy atom. The first-order valence-corrected chi connectivity index (χ1v) is 7.81. The van der Waals surface area contributed by atoms with E-state index in [-0.39, 0.29) is 16.9 Å². The van der Waals surface area contributed by atoms with E-state index in [1.54, 1.807) is 0 Å². The number of alkyl halides is 3. The van der Waals surface area contributed by atoms with Crippen LogP contribution in [0.3, 0.4) is 0 Å². The molecule has 0 saturated carbocycles. The van der Waals surface area contributed by atoms with Crippen molar-refractivity contribution in [3.05, 3.63) is 76.3 Å². The van der Waals surface area contributed by atoms with E-state index in [4.69, 9.17) is 5.73 Å². The van der Waals surface area contributed by atoms with E-state index in [1.165, 1.54) is 12.1 Å². The van der Waals surface area contributed by atoms with Crippen molar-refractivity contribution in [2.45, 2.75) is 11.4 Å². The molecule has 0 saturated heterocycles. The predicted octanol–water partition coefficient (Wildman–Crippen LogP) is 4.12. The zero-order valence-electron chi connectivity index (χ0n) is 11.8. The summed E-state index contributed by atoms with van der Waals surface area (Å²) in [4.78, 5) is 12.7. The molecule has 0 aliphatic carbocycles. The molecule has 1 heterocycles. The van der Waals surface area contributed by atoms with Crippen molar-refractivity contribution in [2.75, 3.05) is 0 Å². The third-order valence-corrected chi connectivity index (χ3v) is 4.91. The molecule has 1 unspecified atom stereocenters. The molecule has 0 aromatic heterocycles. The minimum Gasteiger partial charge on any atom is -0.394 e. The van der Waals surface area contributed by atoms with Gasteiger partial charge in [0.1, 0.15) is 0 Å². The molecule has 2 N–H and O–H groups in total. The molecular formula is C17H13F3NOS. The number of nitrogens with two attached hydrogens (primary N) is 1. The number of hydrogen-bond donors (Lipinski definition) is 2. The lowest BCUT2D eigenvalue weighted by atomic mass is 9.96. The molecule has 1 aliphatic rings. The van der Waals surface area contributed by atoms with Gasteiger partial charge < -0.3 is 5.73 Å². The Labute approximate surface area is 135 Å². The SMILES string of the molecule is NC1=C(c2cccc(C(F)(F)F)c2)C(=O)C(c2ccccc2)[SH]1. The number of carbonyl (C=O) groups excluding carboxylic acids is 1. The number of rotatable bonds is 2. The predicted molar refractivity (Wildman–Crippen MR) is 85.7 cm³/mol. The van der Waals surface area contributed by atoms with Gasteiger partial charge in [-0.1, -0.05) is 42.5 Å². The molecule has 3 rings (SSSR count). The van der Waals surface area contributed by atoms with Crippen molar-refractivity contribution >= 4 is 23.1 Å². The van der Waals surface area contributed by atoms with Gasteiger partial charge in [-0.3, -0.25) is 4.79 Å². The zero-order valence-corrected chi connectivity index (χ0v) is 12.7. The summed E-state index contributed by atoms with van der Waals surface area (Å²) in [7, 11) is 0. The number of hydrogen-bond acceptors (Lipinski definition) is 2. The second kappa shape index (κ2) is 5.77. The van der Waals surface area contributed by atoms with E-state index in [0.29, 0.717) is 16.8 Å². The number of benzene rings is 2. The van der Waals surface area contributed by atoms with Gasteiger partial charge in [0.15, 0.2) is 5.78 Å². The molecule has 2 nitrogen and oxygen atoms in total. The third kappa shape index (κ3) is 2.99. The maximum atomic E-state index is 12.9. The lowest BCUT2D eigenvalue weighted by Crippen LogP contribution is -2.09. The molecule has 1 atom stereocenters. The molecule has 0 spiro atoms. The van der Waals surface area contributed by atoms with Gasteiger partial charge in [-0.2, -0.15) is 24.9 Å². The van der Waals surface area contributed by atoms with Crippen molar-refractivity contribution < 1.29 is 18.0 Å². The minimum atomic E-state index is -4.45. The molecule has 0 amide bonds. The van der Waals surface area contributed by atoms with E-state index in [0.717, 1.165) is 17.7 Å². The van der Waals surface area contributed by atoms with E-state index in [2.05, 4.69) is 0 Å². The number of ketones is 1. The molecule has 2 aromatic carbocycles. The zero-order chi connectivity index (χ0) is 16.6. The van der Waals surface area contributed by atoms with Gasteiger partial charge in [-0.15, -0.1) is 0 Å². The summed E-state index contributed by atoms with van der Waals surface area (Å²) >= 11 is 0.608. The van der Waals surface area contributed by atoms with Crippen molar-refractivity contribution in [1.29, 1.82) is 0 Å². The van der Waals surface area contributed by atoms with Crippen LogP contribution in [-0.4, -0.2) is 5.78 Å². The summed E-state index contributed by atoms with van der Waals surface area (Å²) in [5.41, 5.74) is 6.38. The molecule has 23 heavy (non-hydrogen) atoms. The topological polar surface area (TPSA) is 43.1 Å². The largest absolute Gasteiger partial charge is 0.416 e. The van der Waals surface area contributed by atoms with E-state index >= 15 is 0 Å². The fourth-order valence-corrected chi connectivity index (χ4v) is 3.74. The van der Waals surface area contributed by atoms with Gasteiger partial charge in [0.05, 0.1) is 21.4 Å². The number of carbonyl (C=O) groups is 1. The van der Waals surface area contributed by atoms with Crippen LogP contribution in [0.2, 0.25) is 0 Å². The van der Waals surface area contributed by atoms with Crippen molar-refractivity contribution in [3.63, 3.8) is 0 Å². The highest BCUT2D eigenvalue weighted by atomic mass is 32.2. The molecule has 2 aromatic rings. The summed E-state index contributed by atoms with van der Waals surface area (Å²) < 4.78 is 38.6. The Kier molecular flexibility index (Phi) is 3.93. The molecule has 0 fully saturated rings. The number of allylic oxidation sites excluding steroid dienone is 1. The van der Waals surface area contributed by atoms with Crippen molar-refractivity contribution in [3.8, 4) is 0 Å². The van der Waals surface area contributed by atoms with Crippen LogP contribution in [0.15, 0.2) is 59.6 Å². The molecule has 1 radical (unpaired) electrons. The highest BCUT2D eigenvalue weighted by Crippen LogP contribution is 2.46. The highest BCUT2D eigenvalue weighted by molar-refractivity contribution is 8.04. The highest BCUT2D eigenvalue weighted by Gasteiger charge is 2.35. The Bertz CT molecular complexity index is 784. The minimum absolute atomic E-state index is 0.187. The lowest BCUT2D eigenvalue weighted by molar-refractivity contribution is -0.137. The van der Waals surface area contributed by atoms with Crippen LogP contribution >= 0.6 is 11.8 Å². The van der Waals surface area contributed by atoms with Gasteiger partial charge >= 0.3 is 6.18 Å². The van der Waals surface area contributed by atoms with Gasteiger partial charge in [0.2, 0.25) is 0 Å². The molecular weight excluding hydrogens is 323 g/mol. The number of halogens is 3. The first-order valence-electron chi connectivity index (χ1n) is 6.85. The van der Waals surface area contributed by atoms with E-state index in [1.807, 2.05) is 30.3 Å². The molecule has 1 aliphatic heterocycles. The Hall–Kier alpha value is -2.21. The van der Waals surface area contributed by atoms with Crippen LogP contribution in [0.25, 0.3) is 5.57 Å². The summed E-state index contributed by atoms with van der Waals surface area (Å²) in [6.07, 6.45) is -4.45. The quantitative estimate of drug-likeness (QED) is 0.810. The standard InChI is InChI=1S/C17H13F3NOS/c18-17(19,20)12-8-4-7-11(9-12)13-14(22)15(23-16(13)21)10-5-2-1-3-6-10/h1-9,15,23H,21H2. The van der Waals surface area contributed by atoms with E-state index < -0.39 is 17.0 Å². The van der Waals surface area contributed by atoms with Gasteiger partial charge in [0.25, 0.3) is 0 Å². The van der Waals surface area contributed by atoms with Crippen LogP contribution in [-0.2, 0) is 11.0 Å². The number of thiol groups is 1.